The lowest BCUT2D eigenvalue weighted by atomic mass is 10.1. The summed E-state index contributed by atoms with van der Waals surface area (Å²) in [6.45, 7) is 6.31. The summed E-state index contributed by atoms with van der Waals surface area (Å²) in [5.41, 5.74) is 1.15. The van der Waals surface area contributed by atoms with Gasteiger partial charge in [-0.05, 0) is 46.6 Å². The Morgan fingerprint density at radius 1 is 1.47 bits per heavy atom. The second kappa shape index (κ2) is 6.59. The van der Waals surface area contributed by atoms with Crippen LogP contribution in [0, 0.1) is 0 Å². The highest BCUT2D eigenvalue weighted by Crippen LogP contribution is 2.35. The second-order valence-corrected chi connectivity index (χ2v) is 5.77. The highest BCUT2D eigenvalue weighted by atomic mass is 79.9. The average Bonchev–Trinajstić information content (AvgIpc) is 2.31. The van der Waals surface area contributed by atoms with E-state index >= 15 is 0 Å². The Balaban J connectivity index is 2.13. The summed E-state index contributed by atoms with van der Waals surface area (Å²) >= 11 is 3.37. The summed E-state index contributed by atoms with van der Waals surface area (Å²) < 4.78 is 5.88. The van der Waals surface area contributed by atoms with Crippen molar-refractivity contribution in [3.05, 3.63) is 22.2 Å². The van der Waals surface area contributed by atoms with E-state index in [2.05, 4.69) is 33.1 Å². The van der Waals surface area contributed by atoms with Crippen molar-refractivity contribution in [3.63, 3.8) is 0 Å². The van der Waals surface area contributed by atoms with Crippen molar-refractivity contribution >= 4 is 15.9 Å². The number of nitrogens with zero attached hydrogens (tertiary/aromatic N) is 1. The molecule has 0 bridgehead atoms. The third-order valence-electron chi connectivity index (χ3n) is 3.48. The lowest BCUT2D eigenvalue weighted by Crippen LogP contribution is -2.56. The van der Waals surface area contributed by atoms with E-state index in [0.29, 0.717) is 16.3 Å². The van der Waals surface area contributed by atoms with E-state index in [1.807, 2.05) is 12.1 Å². The molecule has 0 unspecified atom stereocenters. The van der Waals surface area contributed by atoms with E-state index < -0.39 is 0 Å². The first kappa shape index (κ1) is 14.6. The zero-order chi connectivity index (χ0) is 13.8. The normalized spacial score (nSPS) is 15.6. The van der Waals surface area contributed by atoms with E-state index in [-0.39, 0.29) is 5.75 Å². The molecular formula is C14H21BrN2O2. The maximum absolute atomic E-state index is 9.83. The second-order valence-electron chi connectivity index (χ2n) is 4.91. The number of ether oxygens (including phenoxy) is 1. The average molecular weight is 329 g/mol. The summed E-state index contributed by atoms with van der Waals surface area (Å²) in [7, 11) is 1.57. The van der Waals surface area contributed by atoms with Crippen LogP contribution in [0.4, 0.5) is 0 Å². The minimum Gasteiger partial charge on any atom is -0.503 e. The summed E-state index contributed by atoms with van der Waals surface area (Å²) in [6.07, 6.45) is 1.15. The predicted octanol–water partition coefficient (Wildman–Crippen LogP) is 2.35. The molecule has 1 aromatic carbocycles. The van der Waals surface area contributed by atoms with E-state index in [1.165, 1.54) is 0 Å². The molecule has 0 spiro atoms. The van der Waals surface area contributed by atoms with Gasteiger partial charge in [-0.25, -0.2) is 0 Å². The number of hydrogen-bond donors (Lipinski definition) is 2. The topological polar surface area (TPSA) is 44.7 Å². The van der Waals surface area contributed by atoms with Gasteiger partial charge in [-0.3, -0.25) is 4.90 Å². The number of phenolic OH excluding ortho intramolecular Hbond substituents is 1. The molecule has 4 nitrogen and oxygen atoms in total. The lowest BCUT2D eigenvalue weighted by molar-refractivity contribution is 0.137. The van der Waals surface area contributed by atoms with Gasteiger partial charge >= 0.3 is 0 Å². The van der Waals surface area contributed by atoms with Crippen LogP contribution in [0.3, 0.4) is 0 Å². The van der Waals surface area contributed by atoms with Gasteiger partial charge in [0.1, 0.15) is 0 Å². The van der Waals surface area contributed by atoms with Crippen LogP contribution in [0.25, 0.3) is 0 Å². The molecule has 5 heteroatoms. The van der Waals surface area contributed by atoms with Crippen LogP contribution in [0.5, 0.6) is 11.5 Å². The quantitative estimate of drug-likeness (QED) is 0.841. The molecule has 0 aromatic heterocycles. The third kappa shape index (κ3) is 3.41. The number of phenols is 1. The van der Waals surface area contributed by atoms with Gasteiger partial charge in [-0.15, -0.1) is 0 Å². The molecule has 1 aromatic rings. The molecule has 0 radical (unpaired) electrons. The van der Waals surface area contributed by atoms with Gasteiger partial charge in [0.2, 0.25) is 0 Å². The molecule has 0 aliphatic carbocycles. The van der Waals surface area contributed by atoms with Crippen molar-refractivity contribution in [2.75, 3.05) is 26.7 Å². The lowest BCUT2D eigenvalue weighted by Gasteiger charge is -2.38. The monoisotopic (exact) mass is 328 g/mol. The van der Waals surface area contributed by atoms with Crippen LogP contribution in [0.2, 0.25) is 0 Å². The SMILES string of the molecule is CCCN(Cc1cc(Br)c(O)c(OC)c1)C1CNC1. The molecule has 1 aliphatic heterocycles. The minimum atomic E-state index is 0.165. The van der Waals surface area contributed by atoms with Crippen LogP contribution in [0.1, 0.15) is 18.9 Å². The van der Waals surface area contributed by atoms with Crippen molar-refractivity contribution in [2.24, 2.45) is 0 Å². The number of nitrogens with one attached hydrogen (secondary N) is 1. The van der Waals surface area contributed by atoms with Crippen LogP contribution >= 0.6 is 15.9 Å². The van der Waals surface area contributed by atoms with Gasteiger partial charge in [0.25, 0.3) is 0 Å². The van der Waals surface area contributed by atoms with Crippen LogP contribution < -0.4 is 10.1 Å². The Morgan fingerprint density at radius 3 is 2.74 bits per heavy atom. The van der Waals surface area contributed by atoms with Crippen molar-refractivity contribution in [2.45, 2.75) is 25.9 Å². The van der Waals surface area contributed by atoms with E-state index in [0.717, 1.165) is 38.2 Å². The standard InChI is InChI=1S/C14H21BrN2O2/c1-3-4-17(11-7-16-8-11)9-10-5-12(15)14(18)13(6-10)19-2/h5-6,11,16,18H,3-4,7-9H2,1-2H3. The maximum atomic E-state index is 9.83. The first-order valence-electron chi connectivity index (χ1n) is 6.65. The van der Waals surface area contributed by atoms with E-state index in [4.69, 9.17) is 4.74 Å². The third-order valence-corrected chi connectivity index (χ3v) is 4.09. The largest absolute Gasteiger partial charge is 0.503 e. The molecule has 1 aliphatic rings. The zero-order valence-electron chi connectivity index (χ0n) is 11.4. The number of aromatic hydroxyl groups is 1. The van der Waals surface area contributed by atoms with Crippen molar-refractivity contribution in [1.29, 1.82) is 0 Å². The van der Waals surface area contributed by atoms with Gasteiger partial charge < -0.3 is 15.2 Å². The Labute approximate surface area is 122 Å². The Kier molecular flexibility index (Phi) is 5.07. The summed E-state index contributed by atoms with van der Waals surface area (Å²) in [5.74, 6) is 0.686. The van der Waals surface area contributed by atoms with Gasteiger partial charge in [0, 0.05) is 25.7 Å². The van der Waals surface area contributed by atoms with Crippen molar-refractivity contribution in [1.82, 2.24) is 10.2 Å². The van der Waals surface area contributed by atoms with Crippen LogP contribution in [0.15, 0.2) is 16.6 Å². The molecule has 1 fully saturated rings. The number of benzene rings is 1. The summed E-state index contributed by atoms with van der Waals surface area (Å²) in [5, 5.41) is 13.1. The molecule has 1 saturated heterocycles. The Hall–Kier alpha value is -0.780. The smallest absolute Gasteiger partial charge is 0.172 e. The fourth-order valence-corrected chi connectivity index (χ4v) is 2.81. The van der Waals surface area contributed by atoms with E-state index in [9.17, 15) is 5.11 Å². The van der Waals surface area contributed by atoms with Crippen LogP contribution in [-0.4, -0.2) is 42.8 Å². The van der Waals surface area contributed by atoms with Crippen molar-refractivity contribution < 1.29 is 9.84 Å². The number of hydrogen-bond acceptors (Lipinski definition) is 4. The maximum Gasteiger partial charge on any atom is 0.172 e. The Morgan fingerprint density at radius 2 is 2.21 bits per heavy atom. The molecular weight excluding hydrogens is 308 g/mol. The number of halogens is 1. The van der Waals surface area contributed by atoms with Gasteiger partial charge in [0.05, 0.1) is 11.6 Å². The highest BCUT2D eigenvalue weighted by molar-refractivity contribution is 9.10. The zero-order valence-corrected chi connectivity index (χ0v) is 13.0. The van der Waals surface area contributed by atoms with E-state index in [1.54, 1.807) is 7.11 Å². The molecule has 0 atom stereocenters. The first-order valence-corrected chi connectivity index (χ1v) is 7.45. The molecule has 0 saturated carbocycles. The number of rotatable bonds is 6. The van der Waals surface area contributed by atoms with Gasteiger partial charge in [0.15, 0.2) is 11.5 Å². The summed E-state index contributed by atoms with van der Waals surface area (Å²) in [6, 6.07) is 4.50. The van der Waals surface area contributed by atoms with Crippen molar-refractivity contribution in [3.8, 4) is 11.5 Å². The molecule has 2 N–H and O–H groups in total. The number of methoxy groups -OCH3 is 1. The summed E-state index contributed by atoms with van der Waals surface area (Å²) in [4.78, 5) is 2.48. The Bertz CT molecular complexity index is 436. The first-order chi connectivity index (χ1) is 9.15. The van der Waals surface area contributed by atoms with Gasteiger partial charge in [-0.1, -0.05) is 6.92 Å². The fourth-order valence-electron chi connectivity index (χ4n) is 2.32. The fraction of sp³-hybridized carbons (Fsp3) is 0.571. The molecule has 0 amide bonds. The van der Waals surface area contributed by atoms with Crippen LogP contribution in [-0.2, 0) is 6.54 Å². The predicted molar refractivity (Wildman–Crippen MR) is 79.7 cm³/mol. The molecule has 2 rings (SSSR count). The minimum absolute atomic E-state index is 0.165. The molecule has 1 heterocycles. The highest BCUT2D eigenvalue weighted by Gasteiger charge is 2.24. The van der Waals surface area contributed by atoms with Gasteiger partial charge in [-0.2, -0.15) is 0 Å². The molecule has 19 heavy (non-hydrogen) atoms. The molecule has 106 valence electrons.